The fourth-order valence-corrected chi connectivity index (χ4v) is 1.49. The smallest absolute Gasteiger partial charge is 0.257 e. The van der Waals surface area contributed by atoms with Crippen LogP contribution in [0.5, 0.6) is 0 Å². The first kappa shape index (κ1) is 13.4. The van der Waals surface area contributed by atoms with Crippen LogP contribution in [0.4, 0.5) is 0 Å². The van der Waals surface area contributed by atoms with E-state index in [0.717, 1.165) is 0 Å². The van der Waals surface area contributed by atoms with Gasteiger partial charge >= 0.3 is 0 Å². The Labute approximate surface area is 105 Å². The number of aromatic nitrogens is 1. The monoisotopic (exact) mass is 255 g/mol. The van der Waals surface area contributed by atoms with Crippen molar-refractivity contribution in [3.8, 4) is 0 Å². The maximum absolute atomic E-state index is 11.9. The van der Waals surface area contributed by atoms with Crippen LogP contribution in [0.15, 0.2) is 18.3 Å². The summed E-state index contributed by atoms with van der Waals surface area (Å²) in [6, 6.07) is 3.20. The number of likely N-dealkylation sites (N-methyl/N-ethyl adjacent to an activating group) is 2. The van der Waals surface area contributed by atoms with E-state index in [-0.39, 0.29) is 23.5 Å². The Morgan fingerprint density at radius 3 is 2.82 bits per heavy atom. The zero-order valence-electron chi connectivity index (χ0n) is 9.74. The molecule has 0 unspecified atom stereocenters. The molecule has 6 heteroatoms. The van der Waals surface area contributed by atoms with Gasteiger partial charge in [0.2, 0.25) is 5.91 Å². The minimum Gasteiger partial charge on any atom is -0.355 e. The quantitative estimate of drug-likeness (QED) is 0.815. The summed E-state index contributed by atoms with van der Waals surface area (Å²) in [7, 11) is 1.54. The summed E-state index contributed by atoms with van der Waals surface area (Å²) in [5.41, 5.74) is 0.293. The van der Waals surface area contributed by atoms with Crippen molar-refractivity contribution in [2.75, 3.05) is 20.1 Å². The number of hydrogen-bond donors (Lipinski definition) is 1. The Hall–Kier alpha value is -1.62. The summed E-state index contributed by atoms with van der Waals surface area (Å²) in [5, 5.41) is 2.76. The molecule has 0 aliphatic rings. The Kier molecular flexibility index (Phi) is 4.90. The zero-order chi connectivity index (χ0) is 12.8. The largest absolute Gasteiger partial charge is 0.355 e. The number of hydrogen-bond acceptors (Lipinski definition) is 3. The van der Waals surface area contributed by atoms with Crippen LogP contribution in [0, 0.1) is 0 Å². The lowest BCUT2D eigenvalue weighted by atomic mass is 10.2. The van der Waals surface area contributed by atoms with Crippen molar-refractivity contribution in [2.45, 2.75) is 6.92 Å². The van der Waals surface area contributed by atoms with Crippen LogP contribution < -0.4 is 5.32 Å². The molecule has 0 fully saturated rings. The number of carbonyl (C=O) groups excluding carboxylic acids is 2. The van der Waals surface area contributed by atoms with E-state index >= 15 is 0 Å². The number of amides is 2. The summed E-state index contributed by atoms with van der Waals surface area (Å²) in [6.07, 6.45) is 1.50. The highest BCUT2D eigenvalue weighted by Crippen LogP contribution is 2.13. The molecule has 0 saturated carbocycles. The van der Waals surface area contributed by atoms with Gasteiger partial charge < -0.3 is 10.2 Å². The van der Waals surface area contributed by atoms with E-state index < -0.39 is 0 Å². The van der Waals surface area contributed by atoms with Gasteiger partial charge in [-0.3, -0.25) is 9.59 Å². The molecule has 0 saturated heterocycles. The number of pyridine rings is 1. The molecule has 0 aliphatic carbocycles. The lowest BCUT2D eigenvalue weighted by molar-refractivity contribution is -0.121. The van der Waals surface area contributed by atoms with E-state index in [9.17, 15) is 9.59 Å². The highest BCUT2D eigenvalue weighted by Gasteiger charge is 2.17. The molecule has 17 heavy (non-hydrogen) atoms. The molecule has 5 nitrogen and oxygen atoms in total. The standard InChI is InChI=1S/C11H14ClN3O2/c1-3-13-9(16)7-15(2)11(17)8-5-4-6-14-10(8)12/h4-6H,3,7H2,1-2H3,(H,13,16). The average molecular weight is 256 g/mol. The van der Waals surface area contributed by atoms with Gasteiger partial charge in [-0.2, -0.15) is 0 Å². The first-order chi connectivity index (χ1) is 8.06. The maximum Gasteiger partial charge on any atom is 0.257 e. The van der Waals surface area contributed by atoms with Crippen molar-refractivity contribution in [1.82, 2.24) is 15.2 Å². The first-order valence-electron chi connectivity index (χ1n) is 5.19. The zero-order valence-corrected chi connectivity index (χ0v) is 10.5. The first-order valence-corrected chi connectivity index (χ1v) is 5.56. The number of halogens is 1. The van der Waals surface area contributed by atoms with Gasteiger partial charge in [-0.15, -0.1) is 0 Å². The molecule has 0 aromatic carbocycles. The van der Waals surface area contributed by atoms with Gasteiger partial charge in [-0.1, -0.05) is 11.6 Å². The molecule has 0 spiro atoms. The molecule has 92 valence electrons. The number of nitrogens with one attached hydrogen (secondary N) is 1. The van der Waals surface area contributed by atoms with Gasteiger partial charge in [-0.05, 0) is 19.1 Å². The van der Waals surface area contributed by atoms with E-state index in [1.807, 2.05) is 6.92 Å². The van der Waals surface area contributed by atoms with E-state index in [1.54, 1.807) is 19.2 Å². The van der Waals surface area contributed by atoms with Crippen LogP contribution in [0.25, 0.3) is 0 Å². The molecular formula is C11H14ClN3O2. The number of carbonyl (C=O) groups is 2. The minimum atomic E-state index is -0.325. The lowest BCUT2D eigenvalue weighted by Gasteiger charge is -2.16. The molecule has 1 aromatic rings. The summed E-state index contributed by atoms with van der Waals surface area (Å²) < 4.78 is 0. The second kappa shape index (κ2) is 6.20. The molecule has 0 atom stereocenters. The average Bonchev–Trinajstić information content (AvgIpc) is 2.29. The van der Waals surface area contributed by atoms with Crippen LogP contribution in [-0.2, 0) is 4.79 Å². The van der Waals surface area contributed by atoms with E-state index in [2.05, 4.69) is 10.3 Å². The third-order valence-corrected chi connectivity index (χ3v) is 2.39. The summed E-state index contributed by atoms with van der Waals surface area (Å²) >= 11 is 5.80. The minimum absolute atomic E-state index is 0.00209. The fraction of sp³-hybridized carbons (Fsp3) is 0.364. The predicted octanol–water partition coefficient (Wildman–Crippen LogP) is 0.943. The lowest BCUT2D eigenvalue weighted by Crippen LogP contribution is -2.38. The van der Waals surface area contributed by atoms with Gasteiger partial charge in [0.25, 0.3) is 5.91 Å². The third-order valence-electron chi connectivity index (χ3n) is 2.09. The van der Waals surface area contributed by atoms with Crippen LogP contribution in [-0.4, -0.2) is 41.8 Å². The molecule has 1 N–H and O–H groups in total. The number of nitrogens with zero attached hydrogens (tertiary/aromatic N) is 2. The fourth-order valence-electron chi connectivity index (χ4n) is 1.29. The molecule has 0 bridgehead atoms. The second-order valence-corrected chi connectivity index (χ2v) is 3.81. The van der Waals surface area contributed by atoms with Crippen molar-refractivity contribution >= 4 is 23.4 Å². The SMILES string of the molecule is CCNC(=O)CN(C)C(=O)c1cccnc1Cl. The van der Waals surface area contributed by atoms with E-state index in [0.29, 0.717) is 12.1 Å². The second-order valence-electron chi connectivity index (χ2n) is 3.46. The number of rotatable bonds is 4. The summed E-state index contributed by atoms with van der Waals surface area (Å²) in [6.45, 7) is 2.35. The van der Waals surface area contributed by atoms with Gasteiger partial charge in [-0.25, -0.2) is 4.98 Å². The van der Waals surface area contributed by atoms with Crippen molar-refractivity contribution in [2.24, 2.45) is 0 Å². The predicted molar refractivity (Wildman–Crippen MR) is 64.9 cm³/mol. The van der Waals surface area contributed by atoms with Gasteiger partial charge in [0.05, 0.1) is 12.1 Å². The Bertz CT molecular complexity index is 423. The Morgan fingerprint density at radius 1 is 1.53 bits per heavy atom. The van der Waals surface area contributed by atoms with Crippen LogP contribution in [0.3, 0.4) is 0 Å². The third kappa shape index (κ3) is 3.71. The molecule has 0 radical (unpaired) electrons. The van der Waals surface area contributed by atoms with Crippen molar-refractivity contribution in [3.63, 3.8) is 0 Å². The van der Waals surface area contributed by atoms with Crippen molar-refractivity contribution in [3.05, 3.63) is 29.0 Å². The Balaban J connectivity index is 2.70. The molecule has 1 heterocycles. The van der Waals surface area contributed by atoms with Crippen LogP contribution >= 0.6 is 11.6 Å². The molecular weight excluding hydrogens is 242 g/mol. The van der Waals surface area contributed by atoms with Crippen molar-refractivity contribution < 1.29 is 9.59 Å². The van der Waals surface area contributed by atoms with Gasteiger partial charge in [0, 0.05) is 19.8 Å². The highest BCUT2D eigenvalue weighted by atomic mass is 35.5. The highest BCUT2D eigenvalue weighted by molar-refractivity contribution is 6.32. The van der Waals surface area contributed by atoms with Gasteiger partial charge in [0.15, 0.2) is 0 Å². The van der Waals surface area contributed by atoms with Gasteiger partial charge in [0.1, 0.15) is 5.15 Å². The van der Waals surface area contributed by atoms with Crippen LogP contribution in [0.1, 0.15) is 17.3 Å². The van der Waals surface area contributed by atoms with Crippen molar-refractivity contribution in [1.29, 1.82) is 0 Å². The van der Waals surface area contributed by atoms with Crippen LogP contribution in [0.2, 0.25) is 5.15 Å². The van der Waals surface area contributed by atoms with E-state index in [4.69, 9.17) is 11.6 Å². The molecule has 1 rings (SSSR count). The molecule has 0 aliphatic heterocycles. The Morgan fingerprint density at radius 2 is 2.24 bits per heavy atom. The maximum atomic E-state index is 11.9. The topological polar surface area (TPSA) is 62.3 Å². The summed E-state index contributed by atoms with van der Waals surface area (Å²) in [5.74, 6) is -0.530. The normalized spacial score (nSPS) is 9.82. The molecule has 1 aromatic heterocycles. The van der Waals surface area contributed by atoms with E-state index in [1.165, 1.54) is 11.1 Å². The molecule has 2 amide bonds. The summed E-state index contributed by atoms with van der Waals surface area (Å²) in [4.78, 5) is 28.4.